The van der Waals surface area contributed by atoms with Crippen LogP contribution in [0.5, 0.6) is 0 Å². The fraction of sp³-hybridized carbons (Fsp3) is 0.211. The zero-order valence-electron chi connectivity index (χ0n) is 14.3. The predicted molar refractivity (Wildman–Crippen MR) is 109 cm³/mol. The Labute approximate surface area is 179 Å². The van der Waals surface area contributed by atoms with E-state index in [0.29, 0.717) is 16.3 Å². The highest BCUT2D eigenvalue weighted by atomic mass is 79.9. The lowest BCUT2D eigenvalue weighted by molar-refractivity contribution is 0.00883. The third-order valence-electron chi connectivity index (χ3n) is 3.61. The summed E-state index contributed by atoms with van der Waals surface area (Å²) in [4.78, 5) is 23.4. The van der Waals surface area contributed by atoms with E-state index in [0.717, 1.165) is 0 Å². The van der Waals surface area contributed by atoms with Crippen LogP contribution in [0.25, 0.3) is 0 Å². The van der Waals surface area contributed by atoms with Gasteiger partial charge < -0.3 is 14.9 Å². The molecule has 0 aliphatic heterocycles. The topological polar surface area (TPSA) is 76.4 Å². The highest BCUT2D eigenvalue weighted by Crippen LogP contribution is 2.20. The molecule has 0 unspecified atom stereocenters. The quantitative estimate of drug-likeness (QED) is 0.316. The van der Waals surface area contributed by atoms with Crippen molar-refractivity contribution in [2.75, 3.05) is 6.61 Å². The lowest BCUT2D eigenvalue weighted by Crippen LogP contribution is -2.39. The number of hydrogen-bond acceptors (Lipinski definition) is 5. The molecule has 1 N–H and O–H groups in total. The van der Waals surface area contributed by atoms with Gasteiger partial charge in [-0.2, -0.15) is 0 Å². The summed E-state index contributed by atoms with van der Waals surface area (Å²) < 4.78 is 24.5. The molecule has 0 aliphatic rings. The molecular weight excluding hydrogens is 476 g/mol. The zero-order valence-corrected chi connectivity index (χ0v) is 17.4. The Morgan fingerprint density at radius 2 is 1.46 bits per heavy atom. The van der Waals surface area contributed by atoms with E-state index in [1.807, 2.05) is 0 Å². The van der Waals surface area contributed by atoms with Crippen LogP contribution in [0, 0.1) is 5.41 Å². The van der Waals surface area contributed by atoms with Gasteiger partial charge in [-0.25, -0.2) is 14.0 Å². The molecule has 3 atom stereocenters. The Hall–Kier alpha value is -1.96. The molecule has 0 spiro atoms. The first-order chi connectivity index (χ1) is 13.3. The molecule has 5 nitrogen and oxygen atoms in total. The lowest BCUT2D eigenvalue weighted by Gasteiger charge is -2.24. The third-order valence-corrected chi connectivity index (χ3v) is 4.90. The average Bonchev–Trinajstić information content (AvgIpc) is 2.70. The highest BCUT2D eigenvalue weighted by molar-refractivity contribution is 9.09. The minimum atomic E-state index is -1.89. The molecule has 2 aromatic rings. The van der Waals surface area contributed by atoms with Crippen LogP contribution in [0.15, 0.2) is 48.5 Å². The van der Waals surface area contributed by atoms with Crippen LogP contribution in [-0.2, 0) is 9.47 Å². The zero-order chi connectivity index (χ0) is 20.7. The van der Waals surface area contributed by atoms with Crippen LogP contribution in [0.2, 0.25) is 10.0 Å². The SMILES string of the molecule is N=C[C@@H](F)[C@H](OC(=O)c1ccc(Cl)cc1)[C@@H](Br)COC(=O)c1ccc(Cl)cc1. The minimum absolute atomic E-state index is 0.171. The summed E-state index contributed by atoms with van der Waals surface area (Å²) in [6.45, 7) is -0.283. The molecule has 0 bridgehead atoms. The molecule has 0 fully saturated rings. The van der Waals surface area contributed by atoms with E-state index in [-0.39, 0.29) is 17.7 Å². The molecule has 148 valence electrons. The Balaban J connectivity index is 2.01. The van der Waals surface area contributed by atoms with Crippen LogP contribution >= 0.6 is 39.1 Å². The van der Waals surface area contributed by atoms with E-state index >= 15 is 0 Å². The maximum Gasteiger partial charge on any atom is 0.338 e. The van der Waals surface area contributed by atoms with Gasteiger partial charge >= 0.3 is 11.9 Å². The van der Waals surface area contributed by atoms with Crippen molar-refractivity contribution in [2.24, 2.45) is 0 Å². The first-order valence-electron chi connectivity index (χ1n) is 7.99. The van der Waals surface area contributed by atoms with Crippen molar-refractivity contribution in [3.63, 3.8) is 0 Å². The van der Waals surface area contributed by atoms with Crippen LogP contribution in [-0.4, -0.2) is 41.9 Å². The molecular formula is C19H15BrCl2FNO4. The van der Waals surface area contributed by atoms with Crippen molar-refractivity contribution in [1.82, 2.24) is 0 Å². The number of alkyl halides is 2. The van der Waals surface area contributed by atoms with Gasteiger partial charge in [0.05, 0.1) is 16.0 Å². The largest absolute Gasteiger partial charge is 0.461 e. The molecule has 2 rings (SSSR count). The van der Waals surface area contributed by atoms with Crippen LogP contribution in [0.3, 0.4) is 0 Å². The van der Waals surface area contributed by atoms with E-state index in [9.17, 15) is 14.0 Å². The van der Waals surface area contributed by atoms with Crippen molar-refractivity contribution >= 4 is 57.3 Å². The van der Waals surface area contributed by atoms with Crippen molar-refractivity contribution in [2.45, 2.75) is 17.1 Å². The van der Waals surface area contributed by atoms with Crippen molar-refractivity contribution in [1.29, 1.82) is 5.41 Å². The van der Waals surface area contributed by atoms with Crippen molar-refractivity contribution < 1.29 is 23.5 Å². The predicted octanol–water partition coefficient (Wildman–Crippen LogP) is 5.13. The van der Waals surface area contributed by atoms with Gasteiger partial charge in [-0.3, -0.25) is 0 Å². The van der Waals surface area contributed by atoms with Crippen LogP contribution < -0.4 is 0 Å². The molecule has 0 aromatic heterocycles. The number of benzene rings is 2. The van der Waals surface area contributed by atoms with E-state index in [4.69, 9.17) is 38.1 Å². The van der Waals surface area contributed by atoms with E-state index in [2.05, 4.69) is 15.9 Å². The second-order valence-corrected chi connectivity index (χ2v) is 7.66. The van der Waals surface area contributed by atoms with Gasteiger partial charge in [-0.1, -0.05) is 39.1 Å². The second kappa shape index (κ2) is 10.5. The number of ether oxygens (including phenoxy) is 2. The summed E-state index contributed by atoms with van der Waals surface area (Å²) in [5, 5.41) is 8.03. The Bertz CT molecular complexity index is 833. The molecule has 2 aromatic carbocycles. The first-order valence-corrected chi connectivity index (χ1v) is 9.67. The number of nitrogens with one attached hydrogen (secondary N) is 1. The molecule has 0 amide bonds. The number of hydrogen-bond donors (Lipinski definition) is 1. The molecule has 28 heavy (non-hydrogen) atoms. The summed E-state index contributed by atoms with van der Waals surface area (Å²) >= 11 is 14.7. The number of rotatable bonds is 8. The molecule has 0 saturated heterocycles. The van der Waals surface area contributed by atoms with Crippen molar-refractivity contribution in [3.8, 4) is 0 Å². The fourth-order valence-corrected chi connectivity index (χ4v) is 2.91. The minimum Gasteiger partial charge on any atom is -0.461 e. The van der Waals surface area contributed by atoms with Gasteiger partial charge in [0.15, 0.2) is 12.3 Å². The van der Waals surface area contributed by atoms with Crippen molar-refractivity contribution in [3.05, 3.63) is 69.7 Å². The van der Waals surface area contributed by atoms with E-state index in [1.165, 1.54) is 48.5 Å². The van der Waals surface area contributed by atoms with Gasteiger partial charge in [-0.05, 0) is 48.5 Å². The van der Waals surface area contributed by atoms with Crippen LogP contribution in [0.4, 0.5) is 4.39 Å². The summed E-state index contributed by atoms with van der Waals surface area (Å²) in [7, 11) is 0. The summed E-state index contributed by atoms with van der Waals surface area (Å²) in [6, 6.07) is 11.9. The summed E-state index contributed by atoms with van der Waals surface area (Å²) in [5.41, 5.74) is 0.437. The number of esters is 2. The highest BCUT2D eigenvalue weighted by Gasteiger charge is 2.32. The lowest BCUT2D eigenvalue weighted by atomic mass is 10.1. The molecule has 0 saturated carbocycles. The fourth-order valence-electron chi connectivity index (χ4n) is 2.13. The Morgan fingerprint density at radius 3 is 1.93 bits per heavy atom. The van der Waals surface area contributed by atoms with Gasteiger partial charge in [0.2, 0.25) is 0 Å². The standard InChI is InChI=1S/C19H15BrCl2FNO4/c20-15(10-27-18(25)11-1-5-13(21)6-2-11)17(16(23)9-24)28-19(26)12-3-7-14(22)8-4-12/h1-9,15-17,24H,10H2/t15-,16+,17+/m0/s1. The Kier molecular flexibility index (Phi) is 8.41. The molecule has 0 heterocycles. The smallest absolute Gasteiger partial charge is 0.338 e. The van der Waals surface area contributed by atoms with Gasteiger partial charge in [0, 0.05) is 16.3 Å². The normalized spacial score (nSPS) is 13.9. The summed E-state index contributed by atoms with van der Waals surface area (Å²) in [6.07, 6.45) is -2.76. The maximum absolute atomic E-state index is 14.2. The first kappa shape index (κ1) is 22.3. The Morgan fingerprint density at radius 1 is 1.00 bits per heavy atom. The van der Waals surface area contributed by atoms with Gasteiger partial charge in [0.1, 0.15) is 6.61 Å². The van der Waals surface area contributed by atoms with Gasteiger partial charge in [-0.15, -0.1) is 0 Å². The number of carbonyl (C=O) groups excluding carboxylic acids is 2. The third kappa shape index (κ3) is 6.29. The molecule has 0 aliphatic carbocycles. The van der Waals surface area contributed by atoms with Crippen LogP contribution in [0.1, 0.15) is 20.7 Å². The summed E-state index contributed by atoms with van der Waals surface area (Å²) in [5.74, 6) is -1.44. The number of carbonyl (C=O) groups is 2. The molecule has 9 heteroatoms. The van der Waals surface area contributed by atoms with Gasteiger partial charge in [0.25, 0.3) is 0 Å². The second-order valence-electron chi connectivity index (χ2n) is 5.61. The molecule has 0 radical (unpaired) electrons. The maximum atomic E-state index is 14.2. The monoisotopic (exact) mass is 489 g/mol. The van der Waals surface area contributed by atoms with E-state index in [1.54, 1.807) is 0 Å². The van der Waals surface area contributed by atoms with E-state index < -0.39 is 29.0 Å². The average molecular weight is 491 g/mol. The number of halogens is 4.